The zero-order chi connectivity index (χ0) is 6.57. The van der Waals surface area contributed by atoms with Crippen molar-refractivity contribution in [2.45, 2.75) is 12.5 Å². The molecule has 45 valence electrons. The SMILES string of the molecule is [NH][C@H](C=O)CC(=O)O. The Morgan fingerprint density at radius 1 is 1.88 bits per heavy atom. The maximum atomic E-state index is 9.69. The molecular weight excluding hydrogens is 110 g/mol. The molecule has 0 aromatic carbocycles. The van der Waals surface area contributed by atoms with Crippen molar-refractivity contribution in [2.24, 2.45) is 0 Å². The fourth-order valence-corrected chi connectivity index (χ4v) is 0.236. The molecule has 0 aromatic rings. The third kappa shape index (κ3) is 3.30. The summed E-state index contributed by atoms with van der Waals surface area (Å²) in [5, 5.41) is 7.94. The number of carbonyl (C=O) groups excluding carboxylic acids is 1. The molecule has 0 heterocycles. The number of carboxylic acids is 1. The van der Waals surface area contributed by atoms with Gasteiger partial charge in [0.1, 0.15) is 6.29 Å². The number of hydrogen-bond acceptors (Lipinski definition) is 2. The second-order valence-electron chi connectivity index (χ2n) is 1.34. The molecule has 0 unspecified atom stereocenters. The van der Waals surface area contributed by atoms with Gasteiger partial charge in [-0.1, -0.05) is 0 Å². The quantitative estimate of drug-likeness (QED) is 0.496. The number of nitrogens with one attached hydrogen (secondary N) is 1. The van der Waals surface area contributed by atoms with Crippen LogP contribution in [0.4, 0.5) is 0 Å². The van der Waals surface area contributed by atoms with Gasteiger partial charge in [-0.05, 0) is 0 Å². The predicted octanol–water partition coefficient (Wildman–Crippen LogP) is -0.688. The van der Waals surface area contributed by atoms with Crippen molar-refractivity contribution in [2.75, 3.05) is 0 Å². The molecular formula is C4H6NO3. The molecule has 2 N–H and O–H groups in total. The monoisotopic (exact) mass is 116 g/mol. The minimum absolute atomic E-state index is 0.300. The summed E-state index contributed by atoms with van der Waals surface area (Å²) in [6.07, 6.45) is -0.0996. The zero-order valence-electron chi connectivity index (χ0n) is 4.13. The van der Waals surface area contributed by atoms with Crippen LogP contribution in [0, 0.1) is 0 Å². The molecule has 8 heavy (non-hydrogen) atoms. The van der Waals surface area contributed by atoms with Gasteiger partial charge < -0.3 is 9.90 Å². The third-order valence-electron chi connectivity index (χ3n) is 0.559. The van der Waals surface area contributed by atoms with Crippen molar-refractivity contribution >= 4 is 12.3 Å². The van der Waals surface area contributed by atoms with Crippen molar-refractivity contribution in [3.05, 3.63) is 0 Å². The highest BCUT2D eigenvalue weighted by Gasteiger charge is 2.04. The van der Waals surface area contributed by atoms with E-state index in [4.69, 9.17) is 10.8 Å². The Morgan fingerprint density at radius 3 is 2.50 bits per heavy atom. The normalized spacial score (nSPS) is 12.6. The maximum Gasteiger partial charge on any atom is 0.305 e. The number of aliphatic carboxylic acids is 1. The Bertz CT molecular complexity index is 101. The maximum absolute atomic E-state index is 9.69. The lowest BCUT2D eigenvalue weighted by Crippen LogP contribution is -2.15. The highest BCUT2D eigenvalue weighted by molar-refractivity contribution is 5.73. The van der Waals surface area contributed by atoms with Crippen LogP contribution >= 0.6 is 0 Å². The van der Waals surface area contributed by atoms with E-state index in [1.165, 1.54) is 0 Å². The van der Waals surface area contributed by atoms with Gasteiger partial charge in [0.15, 0.2) is 0 Å². The Kier molecular flexibility index (Phi) is 2.79. The lowest BCUT2D eigenvalue weighted by atomic mass is 10.2. The number of rotatable bonds is 3. The molecule has 4 nitrogen and oxygen atoms in total. The van der Waals surface area contributed by atoms with Crippen LogP contribution in [0.5, 0.6) is 0 Å². The first-order valence-electron chi connectivity index (χ1n) is 2.05. The van der Waals surface area contributed by atoms with Crippen LogP contribution in [0.25, 0.3) is 0 Å². The summed E-state index contributed by atoms with van der Waals surface area (Å²) in [6.45, 7) is 0. The van der Waals surface area contributed by atoms with Crippen LogP contribution in [0.1, 0.15) is 6.42 Å². The lowest BCUT2D eigenvalue weighted by Gasteiger charge is -1.92. The molecule has 0 spiro atoms. The van der Waals surface area contributed by atoms with Gasteiger partial charge in [-0.2, -0.15) is 0 Å². The van der Waals surface area contributed by atoms with Crippen LogP contribution < -0.4 is 5.73 Å². The number of hydrogen-bond donors (Lipinski definition) is 1. The summed E-state index contributed by atoms with van der Waals surface area (Å²) in [4.78, 5) is 19.3. The predicted molar refractivity (Wildman–Crippen MR) is 25.2 cm³/mol. The third-order valence-corrected chi connectivity index (χ3v) is 0.559. The fourth-order valence-electron chi connectivity index (χ4n) is 0.236. The van der Waals surface area contributed by atoms with Crippen LogP contribution in [0.3, 0.4) is 0 Å². The Hall–Kier alpha value is -0.900. The highest BCUT2D eigenvalue weighted by Crippen LogP contribution is 1.83. The van der Waals surface area contributed by atoms with E-state index < -0.39 is 18.4 Å². The van der Waals surface area contributed by atoms with E-state index >= 15 is 0 Å². The minimum Gasteiger partial charge on any atom is -0.481 e. The van der Waals surface area contributed by atoms with Crippen LogP contribution in [0.15, 0.2) is 0 Å². The topological polar surface area (TPSA) is 78.2 Å². The first-order valence-corrected chi connectivity index (χ1v) is 2.05. The summed E-state index contributed by atoms with van der Waals surface area (Å²) < 4.78 is 0. The molecule has 1 radical (unpaired) electrons. The fraction of sp³-hybridized carbons (Fsp3) is 0.500. The summed E-state index contributed by atoms with van der Waals surface area (Å²) >= 11 is 0. The van der Waals surface area contributed by atoms with Gasteiger partial charge in [0, 0.05) is 0 Å². The molecule has 4 heteroatoms. The van der Waals surface area contributed by atoms with Crippen molar-refractivity contribution in [3.8, 4) is 0 Å². The first-order chi connectivity index (χ1) is 3.66. The summed E-state index contributed by atoms with van der Waals surface area (Å²) in [5.41, 5.74) is 6.60. The second kappa shape index (κ2) is 3.15. The molecule has 0 aliphatic rings. The van der Waals surface area contributed by atoms with E-state index in [2.05, 4.69) is 0 Å². The summed E-state index contributed by atoms with van der Waals surface area (Å²) in [6, 6.07) is -1.10. The average molecular weight is 116 g/mol. The van der Waals surface area contributed by atoms with Crippen molar-refractivity contribution in [1.82, 2.24) is 5.73 Å². The van der Waals surface area contributed by atoms with Crippen molar-refractivity contribution in [1.29, 1.82) is 0 Å². The molecule has 1 atom stereocenters. The molecule has 0 saturated carbocycles. The van der Waals surface area contributed by atoms with Crippen LogP contribution in [-0.4, -0.2) is 23.4 Å². The molecule has 0 fully saturated rings. The van der Waals surface area contributed by atoms with Crippen LogP contribution in [0.2, 0.25) is 0 Å². The Labute approximate surface area is 46.3 Å². The largest absolute Gasteiger partial charge is 0.481 e. The van der Waals surface area contributed by atoms with Crippen LogP contribution in [-0.2, 0) is 9.59 Å². The van der Waals surface area contributed by atoms with E-state index in [-0.39, 0.29) is 0 Å². The standard InChI is InChI=1S/C4H6NO3/c5-3(2-6)1-4(7)8/h2-3,5H,1H2,(H,7,8)/t3-/m0/s1. The number of carbonyl (C=O) groups is 2. The molecule has 0 rings (SSSR count). The highest BCUT2D eigenvalue weighted by atomic mass is 16.4. The zero-order valence-corrected chi connectivity index (χ0v) is 4.13. The molecule has 0 aliphatic carbocycles. The van der Waals surface area contributed by atoms with Crippen molar-refractivity contribution < 1.29 is 14.7 Å². The van der Waals surface area contributed by atoms with Gasteiger partial charge in [0.05, 0.1) is 12.5 Å². The van der Waals surface area contributed by atoms with Gasteiger partial charge in [-0.25, -0.2) is 5.73 Å². The molecule has 0 aromatic heterocycles. The first kappa shape index (κ1) is 7.10. The summed E-state index contributed by atoms with van der Waals surface area (Å²) in [7, 11) is 0. The smallest absolute Gasteiger partial charge is 0.305 e. The van der Waals surface area contributed by atoms with Gasteiger partial charge in [-0.15, -0.1) is 0 Å². The molecule has 0 aliphatic heterocycles. The Morgan fingerprint density at radius 2 is 2.38 bits per heavy atom. The lowest BCUT2D eigenvalue weighted by molar-refractivity contribution is -0.138. The minimum atomic E-state index is -1.11. The van der Waals surface area contributed by atoms with Crippen molar-refractivity contribution in [3.63, 3.8) is 0 Å². The van der Waals surface area contributed by atoms with Gasteiger partial charge >= 0.3 is 5.97 Å². The van der Waals surface area contributed by atoms with E-state index in [1.54, 1.807) is 0 Å². The van der Waals surface area contributed by atoms with E-state index in [9.17, 15) is 9.59 Å². The van der Waals surface area contributed by atoms with E-state index in [0.29, 0.717) is 6.29 Å². The van der Waals surface area contributed by atoms with E-state index in [0.717, 1.165) is 0 Å². The van der Waals surface area contributed by atoms with Gasteiger partial charge in [0.2, 0.25) is 0 Å². The second-order valence-corrected chi connectivity index (χ2v) is 1.34. The van der Waals surface area contributed by atoms with E-state index in [1.807, 2.05) is 0 Å². The molecule has 0 amide bonds. The molecule has 0 saturated heterocycles. The number of aldehydes is 1. The summed E-state index contributed by atoms with van der Waals surface area (Å²) in [5.74, 6) is -1.11. The van der Waals surface area contributed by atoms with Gasteiger partial charge in [-0.3, -0.25) is 4.79 Å². The molecule has 0 bridgehead atoms. The Balaban J connectivity index is 3.38. The van der Waals surface area contributed by atoms with Gasteiger partial charge in [0.25, 0.3) is 0 Å². The number of carboxylic acid groups (broad SMARTS) is 1. The average Bonchev–Trinajstić information content (AvgIpc) is 1.65.